The van der Waals surface area contributed by atoms with Crippen molar-refractivity contribution in [2.24, 2.45) is 0 Å². The first kappa shape index (κ1) is 18.9. The molecule has 6 heteroatoms. The van der Waals surface area contributed by atoms with Gasteiger partial charge in [-0.2, -0.15) is 0 Å². The molecule has 4 nitrogen and oxygen atoms in total. The van der Waals surface area contributed by atoms with Gasteiger partial charge >= 0.3 is 0 Å². The smallest absolute Gasteiger partial charge is 0.241 e. The van der Waals surface area contributed by atoms with Gasteiger partial charge in [-0.05, 0) is 58.7 Å². The monoisotopic (exact) mass is 403 g/mol. The van der Waals surface area contributed by atoms with Crippen LogP contribution in [-0.4, -0.2) is 25.5 Å². The van der Waals surface area contributed by atoms with Gasteiger partial charge in [0.2, 0.25) is 10.0 Å². The zero-order valence-corrected chi connectivity index (χ0v) is 17.2. The summed E-state index contributed by atoms with van der Waals surface area (Å²) in [7, 11) is -3.52. The molecule has 0 bridgehead atoms. The Morgan fingerprint density at radius 3 is 2.13 bits per heavy atom. The summed E-state index contributed by atoms with van der Waals surface area (Å²) in [6, 6.07) is 3.56. The molecule has 0 saturated carbocycles. The Bertz CT molecular complexity index is 696. The topological polar surface area (TPSA) is 62.8 Å². The molecule has 0 spiro atoms. The molecule has 1 saturated heterocycles. The van der Waals surface area contributed by atoms with Crippen molar-refractivity contribution in [3.8, 4) is 0 Å². The number of hydrogen-bond donors (Lipinski definition) is 2. The fourth-order valence-electron chi connectivity index (χ4n) is 3.98. The quantitative estimate of drug-likeness (QED) is 0.814. The summed E-state index contributed by atoms with van der Waals surface area (Å²) in [5.74, 6) is 0. The van der Waals surface area contributed by atoms with Crippen LogP contribution in [0.25, 0.3) is 0 Å². The number of piperidine rings is 1. The molecule has 1 aromatic rings. The van der Waals surface area contributed by atoms with Crippen molar-refractivity contribution < 1.29 is 13.7 Å². The van der Waals surface area contributed by atoms with E-state index in [0.717, 1.165) is 28.4 Å². The van der Waals surface area contributed by atoms with Crippen LogP contribution in [0.5, 0.6) is 0 Å². The van der Waals surface area contributed by atoms with Gasteiger partial charge in [0.15, 0.2) is 0 Å². The molecule has 3 N–H and O–H groups in total. The van der Waals surface area contributed by atoms with Crippen LogP contribution in [0.15, 0.2) is 21.5 Å². The minimum atomic E-state index is -3.52. The lowest BCUT2D eigenvalue weighted by molar-refractivity contribution is -0.787. The van der Waals surface area contributed by atoms with E-state index in [0.29, 0.717) is 4.90 Å². The molecular weight excluding hydrogens is 376 g/mol. The van der Waals surface area contributed by atoms with Gasteiger partial charge in [-0.3, -0.25) is 0 Å². The van der Waals surface area contributed by atoms with Gasteiger partial charge in [-0.15, -0.1) is 0 Å². The minimum absolute atomic E-state index is 0.0256. The SMILES string of the molecule is Cc1cc(C)c(S(=O)(=O)NC2CC(C)(C)[NH2+]C(C)(C)C2)cc1Br. The van der Waals surface area contributed by atoms with E-state index in [4.69, 9.17) is 0 Å². The zero-order chi connectivity index (χ0) is 17.6. The van der Waals surface area contributed by atoms with E-state index in [9.17, 15) is 8.42 Å². The molecule has 0 radical (unpaired) electrons. The number of nitrogens with two attached hydrogens (primary N) is 1. The summed E-state index contributed by atoms with van der Waals surface area (Å²) in [5, 5.41) is 2.35. The second-order valence-corrected chi connectivity index (χ2v) is 10.8. The Balaban J connectivity index is 2.30. The Morgan fingerprint density at radius 2 is 1.61 bits per heavy atom. The van der Waals surface area contributed by atoms with Gasteiger partial charge < -0.3 is 5.32 Å². The van der Waals surface area contributed by atoms with Crippen LogP contribution in [0.2, 0.25) is 0 Å². The van der Waals surface area contributed by atoms with E-state index in [2.05, 4.69) is 53.7 Å². The van der Waals surface area contributed by atoms with Gasteiger partial charge in [0, 0.05) is 23.4 Å². The summed E-state index contributed by atoms with van der Waals surface area (Å²) < 4.78 is 29.5. The van der Waals surface area contributed by atoms with Crippen LogP contribution in [0.4, 0.5) is 0 Å². The van der Waals surface area contributed by atoms with Crippen LogP contribution in [0.3, 0.4) is 0 Å². The second-order valence-electron chi connectivity index (χ2n) is 8.21. The van der Waals surface area contributed by atoms with Gasteiger partial charge in [0.05, 0.1) is 16.0 Å². The van der Waals surface area contributed by atoms with Crippen LogP contribution >= 0.6 is 15.9 Å². The molecule has 1 aliphatic rings. The van der Waals surface area contributed by atoms with Gasteiger partial charge in [-0.25, -0.2) is 13.1 Å². The third-order valence-electron chi connectivity index (χ3n) is 4.39. The second kappa shape index (κ2) is 6.14. The average molecular weight is 404 g/mol. The number of quaternary nitrogens is 1. The molecule has 1 fully saturated rings. The molecule has 0 unspecified atom stereocenters. The van der Waals surface area contributed by atoms with Crippen molar-refractivity contribution in [2.75, 3.05) is 0 Å². The van der Waals surface area contributed by atoms with E-state index in [1.165, 1.54) is 0 Å². The first-order chi connectivity index (χ1) is 10.3. The van der Waals surface area contributed by atoms with E-state index in [1.807, 2.05) is 19.9 Å². The molecule has 1 aliphatic heterocycles. The fraction of sp³-hybridized carbons (Fsp3) is 0.647. The van der Waals surface area contributed by atoms with Crippen molar-refractivity contribution in [3.63, 3.8) is 0 Å². The molecule has 0 aliphatic carbocycles. The van der Waals surface area contributed by atoms with Gasteiger partial charge in [0.25, 0.3) is 0 Å². The number of nitrogens with one attached hydrogen (secondary N) is 1. The van der Waals surface area contributed by atoms with Crippen LogP contribution in [-0.2, 0) is 10.0 Å². The summed E-state index contributed by atoms with van der Waals surface area (Å²) in [6.07, 6.45) is 1.64. The van der Waals surface area contributed by atoms with Crippen molar-refractivity contribution in [3.05, 3.63) is 27.7 Å². The number of rotatable bonds is 3. The highest BCUT2D eigenvalue weighted by Gasteiger charge is 2.43. The summed E-state index contributed by atoms with van der Waals surface area (Å²) in [4.78, 5) is 0.361. The van der Waals surface area contributed by atoms with Crippen molar-refractivity contribution >= 4 is 26.0 Å². The maximum absolute atomic E-state index is 12.9. The Kier molecular flexibility index (Phi) is 5.04. The predicted molar refractivity (Wildman–Crippen MR) is 97.0 cm³/mol. The van der Waals surface area contributed by atoms with Crippen LogP contribution in [0.1, 0.15) is 51.7 Å². The van der Waals surface area contributed by atoms with Crippen molar-refractivity contribution in [1.82, 2.24) is 4.72 Å². The van der Waals surface area contributed by atoms with E-state index >= 15 is 0 Å². The normalized spacial score (nSPS) is 21.3. The molecule has 0 atom stereocenters. The molecule has 23 heavy (non-hydrogen) atoms. The molecule has 0 amide bonds. The highest BCUT2D eigenvalue weighted by atomic mass is 79.9. The lowest BCUT2D eigenvalue weighted by Gasteiger charge is -2.43. The highest BCUT2D eigenvalue weighted by molar-refractivity contribution is 9.10. The maximum atomic E-state index is 12.9. The van der Waals surface area contributed by atoms with Gasteiger partial charge in [0.1, 0.15) is 0 Å². The van der Waals surface area contributed by atoms with E-state index < -0.39 is 10.0 Å². The lowest BCUT2D eigenvalue weighted by atomic mass is 9.80. The molecule has 1 aromatic carbocycles. The first-order valence-corrected chi connectivity index (χ1v) is 10.3. The summed E-state index contributed by atoms with van der Waals surface area (Å²) in [5.41, 5.74) is 1.87. The molecule has 0 aromatic heterocycles. The fourth-order valence-corrected chi connectivity index (χ4v) is 5.96. The number of sulfonamides is 1. The highest BCUT2D eigenvalue weighted by Crippen LogP contribution is 2.27. The number of aryl methyl sites for hydroxylation is 2. The average Bonchev–Trinajstić information content (AvgIpc) is 2.28. The predicted octanol–water partition coefficient (Wildman–Crippen LogP) is 2.63. The number of hydrogen-bond acceptors (Lipinski definition) is 2. The lowest BCUT2D eigenvalue weighted by Crippen LogP contribution is -3.06. The first-order valence-electron chi connectivity index (χ1n) is 7.97. The van der Waals surface area contributed by atoms with E-state index in [1.54, 1.807) is 6.07 Å². The molecule has 1 heterocycles. The number of halogens is 1. The standard InChI is InChI=1S/C17H27BrN2O2S/c1-11-7-12(2)15(8-14(11)18)23(21,22)19-13-9-16(3,4)20-17(5,6)10-13/h7-8,13,19-20H,9-10H2,1-6H3/p+1. The zero-order valence-electron chi connectivity index (χ0n) is 14.8. The molecule has 2 rings (SSSR count). The van der Waals surface area contributed by atoms with Gasteiger partial charge in [-0.1, -0.05) is 22.0 Å². The largest absolute Gasteiger partial charge is 0.337 e. The maximum Gasteiger partial charge on any atom is 0.241 e. The van der Waals surface area contributed by atoms with Crippen molar-refractivity contribution in [2.45, 2.75) is 76.4 Å². The Morgan fingerprint density at radius 1 is 1.09 bits per heavy atom. The number of benzene rings is 1. The minimum Gasteiger partial charge on any atom is -0.337 e. The third-order valence-corrected chi connectivity index (χ3v) is 6.91. The summed E-state index contributed by atoms with van der Waals surface area (Å²) in [6.45, 7) is 12.5. The Labute approximate surface area is 148 Å². The summed E-state index contributed by atoms with van der Waals surface area (Å²) >= 11 is 3.44. The van der Waals surface area contributed by atoms with Crippen molar-refractivity contribution in [1.29, 1.82) is 0 Å². The third kappa shape index (κ3) is 4.56. The van der Waals surface area contributed by atoms with E-state index in [-0.39, 0.29) is 17.1 Å². The van der Waals surface area contributed by atoms with Crippen LogP contribution < -0.4 is 10.0 Å². The molecule has 130 valence electrons. The van der Waals surface area contributed by atoms with Crippen LogP contribution in [0, 0.1) is 13.8 Å². The Hall–Kier alpha value is -0.430. The molecular formula is C17H28BrN2O2S+.